The van der Waals surface area contributed by atoms with Gasteiger partial charge in [-0.05, 0) is 32.9 Å². The van der Waals surface area contributed by atoms with Crippen LogP contribution in [0.15, 0.2) is 12.1 Å². The minimum absolute atomic E-state index is 0.127. The molecular formula is C14H19N3OS. The van der Waals surface area contributed by atoms with Crippen LogP contribution < -0.4 is 10.6 Å². The number of benzene rings is 1. The second kappa shape index (κ2) is 4.35. The van der Waals surface area contributed by atoms with E-state index in [2.05, 4.69) is 29.8 Å². The van der Waals surface area contributed by atoms with E-state index in [0.29, 0.717) is 0 Å². The molecule has 1 fully saturated rings. The molecule has 1 saturated heterocycles. The van der Waals surface area contributed by atoms with E-state index in [1.165, 1.54) is 0 Å². The lowest BCUT2D eigenvalue weighted by molar-refractivity contribution is -0.0276. The third-order valence-electron chi connectivity index (χ3n) is 3.41. The third kappa shape index (κ3) is 2.40. The minimum Gasteiger partial charge on any atom is -0.397 e. The largest absolute Gasteiger partial charge is 0.397 e. The maximum absolute atomic E-state index is 6.21. The van der Waals surface area contributed by atoms with Crippen molar-refractivity contribution in [3.8, 4) is 0 Å². The van der Waals surface area contributed by atoms with E-state index in [-0.39, 0.29) is 5.60 Å². The first-order valence-electron chi connectivity index (χ1n) is 6.50. The number of fused-ring (bicyclic) bond motifs is 1. The molecule has 19 heavy (non-hydrogen) atoms. The van der Waals surface area contributed by atoms with Crippen LogP contribution in [0.2, 0.25) is 0 Å². The van der Waals surface area contributed by atoms with Gasteiger partial charge in [0.1, 0.15) is 0 Å². The number of nitrogen functional groups attached to an aromatic ring is 1. The quantitative estimate of drug-likeness (QED) is 0.814. The highest BCUT2D eigenvalue weighted by Gasteiger charge is 2.28. The molecule has 5 heteroatoms. The van der Waals surface area contributed by atoms with Gasteiger partial charge in [-0.3, -0.25) is 0 Å². The van der Waals surface area contributed by atoms with Crippen LogP contribution in [0.4, 0.5) is 11.4 Å². The van der Waals surface area contributed by atoms with Crippen molar-refractivity contribution in [3.05, 3.63) is 17.1 Å². The number of ether oxygens (including phenoxy) is 1. The maximum Gasteiger partial charge on any atom is 0.0907 e. The van der Waals surface area contributed by atoms with Gasteiger partial charge in [0.05, 0.1) is 38.8 Å². The van der Waals surface area contributed by atoms with Gasteiger partial charge in [-0.1, -0.05) is 0 Å². The molecular weight excluding hydrogens is 258 g/mol. The summed E-state index contributed by atoms with van der Waals surface area (Å²) in [6.45, 7) is 8.72. The number of rotatable bonds is 1. The summed E-state index contributed by atoms with van der Waals surface area (Å²) < 4.78 is 6.91. The van der Waals surface area contributed by atoms with E-state index >= 15 is 0 Å². The number of nitrogens with zero attached hydrogens (tertiary/aromatic N) is 2. The van der Waals surface area contributed by atoms with E-state index < -0.39 is 0 Å². The van der Waals surface area contributed by atoms with E-state index in [1.807, 2.05) is 13.0 Å². The van der Waals surface area contributed by atoms with E-state index in [1.54, 1.807) is 11.3 Å². The predicted molar refractivity (Wildman–Crippen MR) is 81.0 cm³/mol. The number of aryl methyl sites for hydroxylation is 1. The molecule has 0 radical (unpaired) electrons. The van der Waals surface area contributed by atoms with Crippen LogP contribution in [0, 0.1) is 6.92 Å². The van der Waals surface area contributed by atoms with Crippen LogP contribution in [-0.4, -0.2) is 30.3 Å². The number of aromatic nitrogens is 1. The van der Waals surface area contributed by atoms with E-state index in [9.17, 15) is 0 Å². The molecule has 0 bridgehead atoms. The van der Waals surface area contributed by atoms with Gasteiger partial charge in [-0.25, -0.2) is 4.98 Å². The molecule has 1 aliphatic heterocycles. The molecule has 1 aliphatic rings. The van der Waals surface area contributed by atoms with Crippen molar-refractivity contribution in [2.75, 3.05) is 30.3 Å². The summed E-state index contributed by atoms with van der Waals surface area (Å²) in [6, 6.07) is 4.15. The zero-order valence-corrected chi connectivity index (χ0v) is 12.4. The molecule has 0 spiro atoms. The molecule has 2 N–H and O–H groups in total. The Morgan fingerprint density at radius 1 is 1.42 bits per heavy atom. The number of hydrogen-bond acceptors (Lipinski definition) is 5. The normalized spacial score (nSPS) is 19.0. The zero-order chi connectivity index (χ0) is 13.6. The van der Waals surface area contributed by atoms with Gasteiger partial charge in [0.2, 0.25) is 0 Å². The highest BCUT2D eigenvalue weighted by molar-refractivity contribution is 7.18. The molecule has 2 heterocycles. The SMILES string of the molecule is Cc1nc2cc(N3CCOC(C)(C)C3)c(N)cc2s1. The highest BCUT2D eigenvalue weighted by Crippen LogP contribution is 2.33. The van der Waals surface area contributed by atoms with E-state index in [4.69, 9.17) is 10.5 Å². The second-order valence-corrected chi connectivity index (χ2v) is 6.88. The Bertz CT molecular complexity index is 620. The summed E-state index contributed by atoms with van der Waals surface area (Å²) >= 11 is 1.69. The standard InChI is InChI=1S/C14H19N3OS/c1-9-16-11-7-12(10(15)6-13(11)19-9)17-4-5-18-14(2,3)8-17/h6-7H,4-5,8,15H2,1-3H3. The summed E-state index contributed by atoms with van der Waals surface area (Å²) in [4.78, 5) is 6.85. The molecule has 2 aromatic rings. The topological polar surface area (TPSA) is 51.4 Å². The van der Waals surface area contributed by atoms with Crippen molar-refractivity contribution in [3.63, 3.8) is 0 Å². The Kier molecular flexibility index (Phi) is 2.91. The monoisotopic (exact) mass is 277 g/mol. The fourth-order valence-corrected chi connectivity index (χ4v) is 3.45. The summed E-state index contributed by atoms with van der Waals surface area (Å²) in [5.74, 6) is 0. The lowest BCUT2D eigenvalue weighted by atomic mass is 10.1. The number of hydrogen-bond donors (Lipinski definition) is 1. The summed E-state index contributed by atoms with van der Waals surface area (Å²) in [5, 5.41) is 1.08. The molecule has 0 amide bonds. The van der Waals surface area contributed by atoms with E-state index in [0.717, 1.165) is 46.3 Å². The van der Waals surface area contributed by atoms with Crippen molar-refractivity contribution < 1.29 is 4.74 Å². The van der Waals surface area contributed by atoms with Gasteiger partial charge in [0, 0.05) is 13.1 Å². The van der Waals surface area contributed by atoms with Crippen molar-refractivity contribution >= 4 is 32.9 Å². The number of morpholine rings is 1. The molecule has 0 aliphatic carbocycles. The van der Waals surface area contributed by atoms with Crippen molar-refractivity contribution in [1.29, 1.82) is 0 Å². The van der Waals surface area contributed by atoms with Crippen LogP contribution in [0.3, 0.4) is 0 Å². The highest BCUT2D eigenvalue weighted by atomic mass is 32.1. The average Bonchev–Trinajstić information content (AvgIpc) is 2.65. The summed E-state index contributed by atoms with van der Waals surface area (Å²) in [6.07, 6.45) is 0. The maximum atomic E-state index is 6.21. The smallest absolute Gasteiger partial charge is 0.0907 e. The van der Waals surface area contributed by atoms with Gasteiger partial charge in [0.15, 0.2) is 0 Å². The lowest BCUT2D eigenvalue weighted by Crippen LogP contribution is -2.48. The first-order valence-corrected chi connectivity index (χ1v) is 7.32. The average molecular weight is 277 g/mol. The first-order chi connectivity index (χ1) is 8.94. The van der Waals surface area contributed by atoms with Gasteiger partial charge in [-0.15, -0.1) is 11.3 Å². The third-order valence-corrected chi connectivity index (χ3v) is 4.34. The molecule has 0 saturated carbocycles. The Morgan fingerprint density at radius 2 is 2.21 bits per heavy atom. The molecule has 0 unspecified atom stereocenters. The number of thiazole rings is 1. The summed E-state index contributed by atoms with van der Waals surface area (Å²) in [5.41, 5.74) is 9.03. The van der Waals surface area contributed by atoms with Gasteiger partial charge in [0.25, 0.3) is 0 Å². The second-order valence-electron chi connectivity index (χ2n) is 5.64. The Balaban J connectivity index is 2.01. The van der Waals surface area contributed by atoms with Crippen molar-refractivity contribution in [1.82, 2.24) is 4.98 Å². The Morgan fingerprint density at radius 3 is 2.95 bits per heavy atom. The van der Waals surface area contributed by atoms with Crippen LogP contribution in [0.1, 0.15) is 18.9 Å². The number of nitrogens with two attached hydrogens (primary N) is 1. The number of anilines is 2. The lowest BCUT2D eigenvalue weighted by Gasteiger charge is -2.39. The van der Waals surface area contributed by atoms with Gasteiger partial charge >= 0.3 is 0 Å². The Labute approximate surface area is 117 Å². The Hall–Kier alpha value is -1.33. The zero-order valence-electron chi connectivity index (χ0n) is 11.6. The summed E-state index contributed by atoms with van der Waals surface area (Å²) in [7, 11) is 0. The van der Waals surface area contributed by atoms with Gasteiger partial charge in [-0.2, -0.15) is 0 Å². The van der Waals surface area contributed by atoms with Crippen LogP contribution >= 0.6 is 11.3 Å². The first kappa shape index (κ1) is 12.7. The minimum atomic E-state index is -0.127. The van der Waals surface area contributed by atoms with Crippen molar-refractivity contribution in [2.45, 2.75) is 26.4 Å². The van der Waals surface area contributed by atoms with Crippen LogP contribution in [0.5, 0.6) is 0 Å². The molecule has 3 rings (SSSR count). The molecule has 4 nitrogen and oxygen atoms in total. The van der Waals surface area contributed by atoms with Crippen LogP contribution in [-0.2, 0) is 4.74 Å². The molecule has 1 aromatic heterocycles. The fourth-order valence-electron chi connectivity index (χ4n) is 2.59. The molecule has 1 aromatic carbocycles. The van der Waals surface area contributed by atoms with Crippen LogP contribution in [0.25, 0.3) is 10.2 Å². The molecule has 102 valence electrons. The molecule has 0 atom stereocenters. The predicted octanol–water partition coefficient (Wildman–Crippen LogP) is 2.80. The van der Waals surface area contributed by atoms with Crippen molar-refractivity contribution in [2.24, 2.45) is 0 Å². The fraction of sp³-hybridized carbons (Fsp3) is 0.500. The van der Waals surface area contributed by atoms with Gasteiger partial charge < -0.3 is 15.4 Å².